The van der Waals surface area contributed by atoms with Crippen molar-refractivity contribution in [3.63, 3.8) is 0 Å². The average Bonchev–Trinajstić information content (AvgIpc) is 2.91. The Kier molecular flexibility index (Phi) is 4.26. The van der Waals surface area contributed by atoms with Crippen LogP contribution in [0, 0.1) is 0 Å². The van der Waals surface area contributed by atoms with Gasteiger partial charge in [0.25, 0.3) is 0 Å². The molecule has 0 aromatic heterocycles. The smallest absolute Gasteiger partial charge is 0.121 e. The Morgan fingerprint density at radius 1 is 1.19 bits per heavy atom. The summed E-state index contributed by atoms with van der Waals surface area (Å²) in [5.74, 6) is 0.974. The number of nitrogens with one attached hydrogen (secondary N) is 1. The lowest BCUT2D eigenvalue weighted by Gasteiger charge is -2.17. The number of hydrogen-bond donors (Lipinski definition) is 1. The molecule has 0 heterocycles. The minimum Gasteiger partial charge on any atom is -0.486 e. The van der Waals surface area contributed by atoms with Gasteiger partial charge in [-0.3, -0.25) is 0 Å². The van der Waals surface area contributed by atoms with E-state index in [2.05, 4.69) is 61.6 Å². The van der Waals surface area contributed by atoms with Crippen LogP contribution in [-0.2, 0) is 6.42 Å². The summed E-state index contributed by atoms with van der Waals surface area (Å²) < 4.78 is 6.10. The predicted octanol–water partition coefficient (Wildman–Crippen LogP) is 4.42. The molecule has 2 aromatic carbocycles. The van der Waals surface area contributed by atoms with Gasteiger partial charge in [-0.2, -0.15) is 0 Å². The lowest BCUT2D eigenvalue weighted by molar-refractivity contribution is 0.227. The minimum absolute atomic E-state index is 0.0789. The van der Waals surface area contributed by atoms with Crippen LogP contribution >= 0.6 is 0 Å². The van der Waals surface area contributed by atoms with Gasteiger partial charge in [0, 0.05) is 6.04 Å². The van der Waals surface area contributed by atoms with Gasteiger partial charge in [-0.15, -0.1) is 0 Å². The Labute approximate surface area is 127 Å². The quantitative estimate of drug-likeness (QED) is 0.875. The SMILES string of the molecule is CCNC1CCc2cc(OC(C)c3ccccc3)ccc21. The van der Waals surface area contributed by atoms with Gasteiger partial charge < -0.3 is 10.1 Å². The van der Waals surface area contributed by atoms with Crippen molar-refractivity contribution in [3.8, 4) is 5.75 Å². The normalized spacial score (nSPS) is 18.3. The number of benzene rings is 2. The lowest BCUT2D eigenvalue weighted by Crippen LogP contribution is -2.18. The van der Waals surface area contributed by atoms with Gasteiger partial charge in [-0.05, 0) is 55.1 Å². The zero-order chi connectivity index (χ0) is 14.7. The number of ether oxygens (including phenoxy) is 1. The van der Waals surface area contributed by atoms with Crippen LogP contribution in [0.2, 0.25) is 0 Å². The molecule has 0 amide bonds. The Morgan fingerprint density at radius 2 is 2.00 bits per heavy atom. The molecule has 0 saturated carbocycles. The molecular formula is C19H23NO. The third-order valence-electron chi connectivity index (χ3n) is 4.22. The van der Waals surface area contributed by atoms with Crippen LogP contribution in [0.15, 0.2) is 48.5 Å². The van der Waals surface area contributed by atoms with Crippen LogP contribution in [0.4, 0.5) is 0 Å². The highest BCUT2D eigenvalue weighted by molar-refractivity contribution is 5.41. The maximum atomic E-state index is 6.10. The van der Waals surface area contributed by atoms with E-state index in [0.29, 0.717) is 6.04 Å². The molecule has 0 fully saturated rings. The first kappa shape index (κ1) is 14.2. The summed E-state index contributed by atoms with van der Waals surface area (Å²) >= 11 is 0. The molecule has 0 bridgehead atoms. The molecule has 0 saturated heterocycles. The molecule has 1 N–H and O–H groups in total. The van der Waals surface area contributed by atoms with Gasteiger partial charge in [0.15, 0.2) is 0 Å². The van der Waals surface area contributed by atoms with Gasteiger partial charge in [0.1, 0.15) is 11.9 Å². The van der Waals surface area contributed by atoms with Crippen molar-refractivity contribution in [2.45, 2.75) is 38.8 Å². The van der Waals surface area contributed by atoms with Crippen molar-refractivity contribution in [3.05, 3.63) is 65.2 Å². The van der Waals surface area contributed by atoms with Crippen LogP contribution < -0.4 is 10.1 Å². The Balaban J connectivity index is 1.73. The van der Waals surface area contributed by atoms with E-state index < -0.39 is 0 Å². The van der Waals surface area contributed by atoms with Crippen molar-refractivity contribution >= 4 is 0 Å². The minimum atomic E-state index is 0.0789. The fraction of sp³-hybridized carbons (Fsp3) is 0.368. The van der Waals surface area contributed by atoms with Gasteiger partial charge >= 0.3 is 0 Å². The number of hydrogen-bond acceptors (Lipinski definition) is 2. The van der Waals surface area contributed by atoms with Crippen LogP contribution in [0.25, 0.3) is 0 Å². The standard InChI is InChI=1S/C19H23NO/c1-3-20-19-12-9-16-13-17(10-11-18(16)19)21-14(2)15-7-5-4-6-8-15/h4-8,10-11,13-14,19-20H,3,9,12H2,1-2H3. The van der Waals surface area contributed by atoms with Crippen molar-refractivity contribution in [2.75, 3.05) is 6.54 Å². The fourth-order valence-corrected chi connectivity index (χ4v) is 3.12. The molecular weight excluding hydrogens is 258 g/mol. The highest BCUT2D eigenvalue weighted by Crippen LogP contribution is 2.34. The molecule has 110 valence electrons. The van der Waals surface area contributed by atoms with Gasteiger partial charge in [0.2, 0.25) is 0 Å². The molecule has 1 aliphatic carbocycles. The highest BCUT2D eigenvalue weighted by atomic mass is 16.5. The molecule has 3 rings (SSSR count). The summed E-state index contributed by atoms with van der Waals surface area (Å²) in [6.45, 7) is 5.29. The second-order valence-corrected chi connectivity index (χ2v) is 5.68. The molecule has 0 aliphatic heterocycles. The molecule has 0 spiro atoms. The summed E-state index contributed by atoms with van der Waals surface area (Å²) in [5.41, 5.74) is 4.08. The average molecular weight is 281 g/mol. The molecule has 0 radical (unpaired) electrons. The second kappa shape index (κ2) is 6.31. The Bertz CT molecular complexity index is 594. The summed E-state index contributed by atoms with van der Waals surface area (Å²) in [5, 5.41) is 3.55. The van der Waals surface area contributed by atoms with E-state index in [-0.39, 0.29) is 6.10 Å². The Morgan fingerprint density at radius 3 is 2.76 bits per heavy atom. The maximum absolute atomic E-state index is 6.10. The van der Waals surface area contributed by atoms with Gasteiger partial charge in [0.05, 0.1) is 0 Å². The van der Waals surface area contributed by atoms with Crippen LogP contribution in [0.5, 0.6) is 5.75 Å². The van der Waals surface area contributed by atoms with Crippen molar-refractivity contribution in [1.29, 1.82) is 0 Å². The first-order chi connectivity index (χ1) is 10.3. The number of aryl methyl sites for hydroxylation is 1. The van der Waals surface area contributed by atoms with E-state index in [4.69, 9.17) is 4.74 Å². The van der Waals surface area contributed by atoms with Crippen molar-refractivity contribution in [1.82, 2.24) is 5.32 Å². The van der Waals surface area contributed by atoms with Gasteiger partial charge in [-0.25, -0.2) is 0 Å². The van der Waals surface area contributed by atoms with Crippen molar-refractivity contribution < 1.29 is 4.74 Å². The van der Waals surface area contributed by atoms with Crippen LogP contribution in [0.1, 0.15) is 49.1 Å². The zero-order valence-corrected chi connectivity index (χ0v) is 12.8. The molecule has 1 aliphatic rings. The number of fused-ring (bicyclic) bond motifs is 1. The van der Waals surface area contributed by atoms with Crippen molar-refractivity contribution in [2.24, 2.45) is 0 Å². The van der Waals surface area contributed by atoms with Gasteiger partial charge in [-0.1, -0.05) is 43.3 Å². The molecule has 2 heteroatoms. The summed E-state index contributed by atoms with van der Waals surface area (Å²) in [6.07, 6.45) is 2.42. The van der Waals surface area contributed by atoms with E-state index in [9.17, 15) is 0 Å². The van der Waals surface area contributed by atoms with Crippen LogP contribution in [0.3, 0.4) is 0 Å². The maximum Gasteiger partial charge on any atom is 0.121 e. The lowest BCUT2D eigenvalue weighted by atomic mass is 10.1. The Hall–Kier alpha value is -1.80. The summed E-state index contributed by atoms with van der Waals surface area (Å²) in [7, 11) is 0. The molecule has 2 aromatic rings. The fourth-order valence-electron chi connectivity index (χ4n) is 3.12. The third kappa shape index (κ3) is 3.11. The summed E-state index contributed by atoms with van der Waals surface area (Å²) in [6, 6.07) is 17.4. The van der Waals surface area contributed by atoms with Crippen LogP contribution in [-0.4, -0.2) is 6.54 Å². The zero-order valence-electron chi connectivity index (χ0n) is 12.8. The first-order valence-electron chi connectivity index (χ1n) is 7.85. The highest BCUT2D eigenvalue weighted by Gasteiger charge is 2.22. The van der Waals surface area contributed by atoms with E-state index in [1.54, 1.807) is 0 Å². The molecule has 21 heavy (non-hydrogen) atoms. The molecule has 2 nitrogen and oxygen atoms in total. The predicted molar refractivity (Wildman–Crippen MR) is 86.7 cm³/mol. The molecule has 2 unspecified atom stereocenters. The second-order valence-electron chi connectivity index (χ2n) is 5.68. The first-order valence-corrected chi connectivity index (χ1v) is 7.85. The van der Waals surface area contributed by atoms with E-state index in [1.165, 1.54) is 23.1 Å². The third-order valence-corrected chi connectivity index (χ3v) is 4.22. The monoisotopic (exact) mass is 281 g/mol. The number of rotatable bonds is 5. The van der Waals surface area contributed by atoms with E-state index >= 15 is 0 Å². The largest absolute Gasteiger partial charge is 0.486 e. The topological polar surface area (TPSA) is 21.3 Å². The van der Waals surface area contributed by atoms with E-state index in [1.807, 2.05) is 6.07 Å². The summed E-state index contributed by atoms with van der Waals surface area (Å²) in [4.78, 5) is 0. The van der Waals surface area contributed by atoms with E-state index in [0.717, 1.165) is 18.7 Å². The molecule has 2 atom stereocenters.